The van der Waals surface area contributed by atoms with Crippen molar-refractivity contribution < 1.29 is 0 Å². The molecule has 0 aromatic heterocycles. The summed E-state index contributed by atoms with van der Waals surface area (Å²) < 4.78 is 0. The minimum atomic E-state index is 0.563. The van der Waals surface area contributed by atoms with E-state index >= 15 is 0 Å². The number of nitrogens with zero attached hydrogens (tertiary/aromatic N) is 2. The van der Waals surface area contributed by atoms with Crippen LogP contribution in [0.2, 0.25) is 0 Å². The fourth-order valence-electron chi connectivity index (χ4n) is 2.05. The number of guanidine groups is 1. The minimum absolute atomic E-state index is 0.563. The molecule has 0 aromatic carbocycles. The molecule has 0 heterocycles. The van der Waals surface area contributed by atoms with Crippen LogP contribution in [0.25, 0.3) is 0 Å². The zero-order valence-electron chi connectivity index (χ0n) is 14.4. The molecule has 4 nitrogen and oxygen atoms in total. The number of thioether (sulfide) groups is 1. The van der Waals surface area contributed by atoms with Crippen LogP contribution in [0.3, 0.4) is 0 Å². The van der Waals surface area contributed by atoms with Crippen molar-refractivity contribution in [1.29, 1.82) is 0 Å². The van der Waals surface area contributed by atoms with Crippen molar-refractivity contribution in [3.05, 3.63) is 0 Å². The van der Waals surface area contributed by atoms with Gasteiger partial charge in [-0.2, -0.15) is 11.8 Å². The van der Waals surface area contributed by atoms with E-state index in [0.717, 1.165) is 32.1 Å². The first-order valence-electron chi connectivity index (χ1n) is 7.73. The van der Waals surface area contributed by atoms with Crippen LogP contribution in [0.15, 0.2) is 4.99 Å². The van der Waals surface area contributed by atoms with E-state index in [1.807, 2.05) is 11.8 Å². The normalized spacial score (nSPS) is 14.2. The highest BCUT2D eigenvalue weighted by Crippen LogP contribution is 2.05. The van der Waals surface area contributed by atoms with Crippen LogP contribution in [0.4, 0.5) is 0 Å². The van der Waals surface area contributed by atoms with E-state index in [1.165, 1.54) is 0 Å². The molecule has 0 saturated heterocycles. The first-order chi connectivity index (χ1) is 9.42. The average Bonchev–Trinajstić information content (AvgIpc) is 2.39. The van der Waals surface area contributed by atoms with Crippen LogP contribution in [0, 0.1) is 0 Å². The van der Waals surface area contributed by atoms with Crippen molar-refractivity contribution in [3.63, 3.8) is 0 Å². The van der Waals surface area contributed by atoms with Crippen LogP contribution in [0.1, 0.15) is 41.5 Å². The monoisotopic (exact) mass is 302 g/mol. The van der Waals surface area contributed by atoms with E-state index in [2.05, 4.69) is 68.3 Å². The molecule has 0 amide bonds. The highest BCUT2D eigenvalue weighted by Gasteiger charge is 2.12. The lowest BCUT2D eigenvalue weighted by atomic mass is 10.2. The molecule has 0 spiro atoms. The Labute approximate surface area is 130 Å². The molecule has 0 aliphatic rings. The molecule has 0 aromatic rings. The van der Waals surface area contributed by atoms with Crippen LogP contribution in [-0.2, 0) is 0 Å². The quantitative estimate of drug-likeness (QED) is 0.507. The van der Waals surface area contributed by atoms with Crippen LogP contribution >= 0.6 is 11.8 Å². The van der Waals surface area contributed by atoms with Gasteiger partial charge in [0.1, 0.15) is 0 Å². The van der Waals surface area contributed by atoms with Gasteiger partial charge in [-0.3, -0.25) is 9.89 Å². The molecule has 0 aliphatic heterocycles. The Balaban J connectivity index is 4.26. The Morgan fingerprint density at radius 1 is 1.10 bits per heavy atom. The maximum Gasteiger partial charge on any atom is 0.191 e. The van der Waals surface area contributed by atoms with E-state index < -0.39 is 0 Å². The fourth-order valence-corrected chi connectivity index (χ4v) is 2.28. The van der Waals surface area contributed by atoms with Gasteiger partial charge in [0.15, 0.2) is 5.96 Å². The van der Waals surface area contributed by atoms with Crippen LogP contribution < -0.4 is 10.6 Å². The van der Waals surface area contributed by atoms with E-state index in [0.29, 0.717) is 17.3 Å². The molecular formula is C15H34N4S. The zero-order chi connectivity index (χ0) is 15.5. The van der Waals surface area contributed by atoms with Gasteiger partial charge in [0.2, 0.25) is 0 Å². The summed E-state index contributed by atoms with van der Waals surface area (Å²) >= 11 is 1.85. The van der Waals surface area contributed by atoms with Gasteiger partial charge >= 0.3 is 0 Å². The summed E-state index contributed by atoms with van der Waals surface area (Å²) in [4.78, 5) is 7.11. The summed E-state index contributed by atoms with van der Waals surface area (Å²) in [7, 11) is 0. The first-order valence-corrected chi connectivity index (χ1v) is 9.01. The van der Waals surface area contributed by atoms with Gasteiger partial charge in [-0.15, -0.1) is 0 Å². The van der Waals surface area contributed by atoms with E-state index in [4.69, 9.17) is 0 Å². The van der Waals surface area contributed by atoms with Gasteiger partial charge in [-0.25, -0.2) is 0 Å². The Morgan fingerprint density at radius 3 is 2.15 bits per heavy atom. The number of aliphatic imine (C=N–C) groups is 1. The summed E-state index contributed by atoms with van der Waals surface area (Å²) in [5.41, 5.74) is 0. The molecule has 5 heteroatoms. The van der Waals surface area contributed by atoms with Crippen molar-refractivity contribution >= 4 is 17.7 Å². The summed E-state index contributed by atoms with van der Waals surface area (Å²) in [6.45, 7) is 17.0. The van der Waals surface area contributed by atoms with Crippen molar-refractivity contribution in [1.82, 2.24) is 15.5 Å². The number of nitrogens with one attached hydrogen (secondary N) is 2. The number of hydrogen-bond donors (Lipinski definition) is 2. The Hall–Kier alpha value is -0.420. The van der Waals surface area contributed by atoms with Crippen LogP contribution in [-0.4, -0.2) is 60.6 Å². The minimum Gasteiger partial charge on any atom is -0.357 e. The summed E-state index contributed by atoms with van der Waals surface area (Å²) in [5.74, 6) is 0.931. The van der Waals surface area contributed by atoms with E-state index in [1.54, 1.807) is 0 Å². The van der Waals surface area contributed by atoms with Gasteiger partial charge in [0, 0.05) is 37.0 Å². The summed E-state index contributed by atoms with van der Waals surface area (Å²) in [6.07, 6.45) is 2.13. The average molecular weight is 303 g/mol. The summed E-state index contributed by atoms with van der Waals surface area (Å²) in [5, 5.41) is 7.30. The largest absolute Gasteiger partial charge is 0.357 e. The smallest absolute Gasteiger partial charge is 0.191 e. The van der Waals surface area contributed by atoms with Gasteiger partial charge in [-0.1, -0.05) is 6.92 Å². The van der Waals surface area contributed by atoms with Gasteiger partial charge < -0.3 is 10.6 Å². The second kappa shape index (κ2) is 11.3. The van der Waals surface area contributed by atoms with Gasteiger partial charge in [0.25, 0.3) is 0 Å². The molecule has 1 atom stereocenters. The second-order valence-corrected chi connectivity index (χ2v) is 6.89. The second-order valence-electron chi connectivity index (χ2n) is 5.62. The van der Waals surface area contributed by atoms with Crippen LogP contribution in [0.5, 0.6) is 0 Å². The SMILES string of the molecule is CCNC(=NCC(C)SC)NCCN(C(C)C)C(C)C. The topological polar surface area (TPSA) is 39.7 Å². The molecule has 120 valence electrons. The van der Waals surface area contributed by atoms with Crippen molar-refractivity contribution in [2.45, 2.75) is 58.9 Å². The lowest BCUT2D eigenvalue weighted by molar-refractivity contribution is 0.178. The fraction of sp³-hybridized carbons (Fsp3) is 0.933. The maximum atomic E-state index is 4.63. The standard InChI is InChI=1S/C15H34N4S/c1-8-16-15(18-11-14(6)20-7)17-9-10-19(12(2)3)13(4)5/h12-14H,8-11H2,1-7H3,(H2,16,17,18). The third-order valence-electron chi connectivity index (χ3n) is 3.24. The highest BCUT2D eigenvalue weighted by molar-refractivity contribution is 7.99. The van der Waals surface area contributed by atoms with Crippen molar-refractivity contribution in [2.75, 3.05) is 32.4 Å². The van der Waals surface area contributed by atoms with Crippen molar-refractivity contribution in [2.24, 2.45) is 4.99 Å². The molecule has 0 aliphatic carbocycles. The molecule has 0 fully saturated rings. The third-order valence-corrected chi connectivity index (χ3v) is 4.20. The molecule has 20 heavy (non-hydrogen) atoms. The Kier molecular flexibility index (Phi) is 11.0. The third kappa shape index (κ3) is 8.69. The molecule has 1 unspecified atom stereocenters. The molecule has 0 rings (SSSR count). The zero-order valence-corrected chi connectivity index (χ0v) is 15.2. The van der Waals surface area contributed by atoms with E-state index in [-0.39, 0.29) is 0 Å². The molecule has 2 N–H and O–H groups in total. The Bertz CT molecular complexity index is 259. The first kappa shape index (κ1) is 19.6. The highest BCUT2D eigenvalue weighted by atomic mass is 32.2. The van der Waals surface area contributed by atoms with E-state index in [9.17, 15) is 0 Å². The molecule has 0 bridgehead atoms. The van der Waals surface area contributed by atoms with Crippen molar-refractivity contribution in [3.8, 4) is 0 Å². The van der Waals surface area contributed by atoms with Gasteiger partial charge in [-0.05, 0) is 40.9 Å². The summed E-state index contributed by atoms with van der Waals surface area (Å²) in [6, 6.07) is 1.15. The lowest BCUT2D eigenvalue weighted by Gasteiger charge is -2.30. The predicted octanol–water partition coefficient (Wildman–Crippen LogP) is 2.41. The maximum absolute atomic E-state index is 4.63. The lowest BCUT2D eigenvalue weighted by Crippen LogP contribution is -2.45. The predicted molar refractivity (Wildman–Crippen MR) is 93.9 cm³/mol. The molecule has 0 radical (unpaired) electrons. The number of hydrogen-bond acceptors (Lipinski definition) is 3. The Morgan fingerprint density at radius 2 is 1.70 bits per heavy atom. The molecule has 0 saturated carbocycles. The van der Waals surface area contributed by atoms with Gasteiger partial charge in [0.05, 0.1) is 6.54 Å². The molecular weight excluding hydrogens is 268 g/mol. The number of rotatable bonds is 9.